The summed E-state index contributed by atoms with van der Waals surface area (Å²) in [6, 6.07) is 7.94. The first-order chi connectivity index (χ1) is 9.22. The van der Waals surface area contributed by atoms with Crippen LogP contribution in [-0.4, -0.2) is 21.6 Å². The van der Waals surface area contributed by atoms with E-state index < -0.39 is 0 Å². The number of nitrogens with one attached hydrogen (secondary N) is 1. The van der Waals surface area contributed by atoms with E-state index in [1.165, 1.54) is 0 Å². The van der Waals surface area contributed by atoms with Crippen LogP contribution in [0.3, 0.4) is 0 Å². The van der Waals surface area contributed by atoms with Gasteiger partial charge in [0.05, 0.1) is 12.6 Å². The van der Waals surface area contributed by atoms with Gasteiger partial charge in [-0.05, 0) is 17.7 Å². The maximum atomic E-state index is 5.76. The molecule has 2 aromatic rings. The van der Waals surface area contributed by atoms with Gasteiger partial charge in [-0.15, -0.1) is 0 Å². The molecule has 6 nitrogen and oxygen atoms in total. The minimum Gasteiger partial charge on any atom is -0.493 e. The first kappa shape index (κ1) is 12.0. The molecule has 1 atom stereocenters. The topological polar surface area (TPSA) is 86.0 Å². The van der Waals surface area contributed by atoms with Crippen molar-refractivity contribution >= 4 is 23.5 Å². The molecule has 1 aliphatic rings. The Kier molecular flexibility index (Phi) is 3.08. The monoisotopic (exact) mass is 277 g/mol. The van der Waals surface area contributed by atoms with Crippen molar-refractivity contribution in [2.24, 2.45) is 0 Å². The lowest BCUT2D eigenvalue weighted by Gasteiger charge is -2.26. The quantitative estimate of drug-likeness (QED) is 0.874. The van der Waals surface area contributed by atoms with E-state index in [1.54, 1.807) is 0 Å². The van der Waals surface area contributed by atoms with Gasteiger partial charge in [0.2, 0.25) is 17.2 Å². The molecule has 0 bridgehead atoms. The summed E-state index contributed by atoms with van der Waals surface area (Å²) in [4.78, 5) is 11.8. The number of fused-ring (bicyclic) bond motifs is 1. The summed E-state index contributed by atoms with van der Waals surface area (Å²) < 4.78 is 5.59. The number of halogens is 1. The van der Waals surface area contributed by atoms with Crippen molar-refractivity contribution in [2.45, 2.75) is 12.5 Å². The predicted molar refractivity (Wildman–Crippen MR) is 72.2 cm³/mol. The number of benzene rings is 1. The molecule has 19 heavy (non-hydrogen) atoms. The van der Waals surface area contributed by atoms with Crippen molar-refractivity contribution < 1.29 is 4.74 Å². The van der Waals surface area contributed by atoms with E-state index in [2.05, 4.69) is 20.3 Å². The van der Waals surface area contributed by atoms with Crippen molar-refractivity contribution in [3.8, 4) is 5.75 Å². The Balaban J connectivity index is 1.88. The largest absolute Gasteiger partial charge is 0.493 e. The Morgan fingerprint density at radius 3 is 2.95 bits per heavy atom. The number of nitrogens with two attached hydrogens (primary N) is 1. The van der Waals surface area contributed by atoms with Gasteiger partial charge in [-0.25, -0.2) is 0 Å². The molecule has 0 saturated heterocycles. The second-order valence-corrected chi connectivity index (χ2v) is 4.50. The van der Waals surface area contributed by atoms with Gasteiger partial charge in [-0.2, -0.15) is 15.0 Å². The third kappa shape index (κ3) is 2.53. The number of hydrogen-bond donors (Lipinski definition) is 2. The number of ether oxygens (including phenoxy) is 1. The summed E-state index contributed by atoms with van der Waals surface area (Å²) in [5.41, 5.74) is 6.62. The van der Waals surface area contributed by atoms with Gasteiger partial charge in [0, 0.05) is 12.0 Å². The highest BCUT2D eigenvalue weighted by Crippen LogP contribution is 2.33. The Morgan fingerprint density at radius 1 is 1.26 bits per heavy atom. The second-order valence-electron chi connectivity index (χ2n) is 4.16. The zero-order valence-corrected chi connectivity index (χ0v) is 10.8. The highest BCUT2D eigenvalue weighted by molar-refractivity contribution is 6.28. The highest BCUT2D eigenvalue weighted by Gasteiger charge is 2.21. The van der Waals surface area contributed by atoms with Crippen LogP contribution in [-0.2, 0) is 0 Å². The van der Waals surface area contributed by atoms with Crippen molar-refractivity contribution in [3.63, 3.8) is 0 Å². The third-order valence-corrected chi connectivity index (χ3v) is 3.06. The standard InChI is InChI=1S/C12H12ClN5O/c13-10-16-11(14)18-12(17-10)15-8-5-6-19-9-4-2-1-3-7(8)9/h1-4,8H,5-6H2,(H3,14,15,16,17,18). The van der Waals surface area contributed by atoms with Crippen LogP contribution >= 0.6 is 11.6 Å². The molecule has 1 unspecified atom stereocenters. The second kappa shape index (κ2) is 4.89. The van der Waals surface area contributed by atoms with Crippen molar-refractivity contribution in [1.82, 2.24) is 15.0 Å². The number of para-hydroxylation sites is 1. The number of nitrogen functional groups attached to an aromatic ring is 1. The van der Waals surface area contributed by atoms with E-state index in [0.29, 0.717) is 12.6 Å². The Hall–Kier alpha value is -2.08. The van der Waals surface area contributed by atoms with Gasteiger partial charge in [-0.1, -0.05) is 18.2 Å². The van der Waals surface area contributed by atoms with Crippen molar-refractivity contribution in [3.05, 3.63) is 35.1 Å². The minimum atomic E-state index is 0.0721. The van der Waals surface area contributed by atoms with Crippen LogP contribution in [0.5, 0.6) is 5.75 Å². The predicted octanol–water partition coefficient (Wildman–Crippen LogP) is 2.04. The maximum absolute atomic E-state index is 5.76. The SMILES string of the molecule is Nc1nc(Cl)nc(NC2CCOc3ccccc32)n1. The fraction of sp³-hybridized carbons (Fsp3) is 0.250. The number of anilines is 2. The van der Waals surface area contributed by atoms with Crippen LogP contribution < -0.4 is 15.8 Å². The van der Waals surface area contributed by atoms with Gasteiger partial charge in [0.1, 0.15) is 5.75 Å². The lowest BCUT2D eigenvalue weighted by molar-refractivity contribution is 0.274. The summed E-state index contributed by atoms with van der Waals surface area (Å²) in [6.45, 7) is 0.642. The number of hydrogen-bond acceptors (Lipinski definition) is 6. The lowest BCUT2D eigenvalue weighted by atomic mass is 10.0. The molecule has 1 aromatic heterocycles. The molecule has 0 spiro atoms. The summed E-state index contributed by atoms with van der Waals surface area (Å²) in [5.74, 6) is 1.35. The first-order valence-corrected chi connectivity index (χ1v) is 6.25. The summed E-state index contributed by atoms with van der Waals surface area (Å²) in [6.07, 6.45) is 0.820. The van der Waals surface area contributed by atoms with Gasteiger partial charge in [0.25, 0.3) is 0 Å². The number of aromatic nitrogens is 3. The van der Waals surface area contributed by atoms with E-state index >= 15 is 0 Å². The molecule has 0 saturated carbocycles. The van der Waals surface area contributed by atoms with E-state index in [4.69, 9.17) is 22.1 Å². The molecular formula is C12H12ClN5O. The van der Waals surface area contributed by atoms with Gasteiger partial charge in [-0.3, -0.25) is 0 Å². The summed E-state index contributed by atoms with van der Waals surface area (Å²) in [5, 5.41) is 3.29. The smallest absolute Gasteiger partial charge is 0.229 e. The maximum Gasteiger partial charge on any atom is 0.229 e. The fourth-order valence-electron chi connectivity index (χ4n) is 2.08. The van der Waals surface area contributed by atoms with Gasteiger partial charge in [0.15, 0.2) is 0 Å². The van der Waals surface area contributed by atoms with E-state index in [1.807, 2.05) is 24.3 Å². The van der Waals surface area contributed by atoms with Crippen molar-refractivity contribution in [2.75, 3.05) is 17.7 Å². The normalized spacial score (nSPS) is 17.4. The summed E-state index contributed by atoms with van der Waals surface area (Å²) >= 11 is 5.76. The Morgan fingerprint density at radius 2 is 2.11 bits per heavy atom. The zero-order valence-electron chi connectivity index (χ0n) is 10.0. The van der Waals surface area contributed by atoms with E-state index in [0.717, 1.165) is 17.7 Å². The average molecular weight is 278 g/mol. The van der Waals surface area contributed by atoms with Gasteiger partial charge >= 0.3 is 0 Å². The van der Waals surface area contributed by atoms with Crippen molar-refractivity contribution in [1.29, 1.82) is 0 Å². The molecule has 98 valence electrons. The van der Waals surface area contributed by atoms with Crippen LogP contribution in [0.1, 0.15) is 18.0 Å². The van der Waals surface area contributed by atoms with Crippen LogP contribution in [0.15, 0.2) is 24.3 Å². The molecule has 2 heterocycles. The van der Waals surface area contributed by atoms with Crippen LogP contribution in [0, 0.1) is 0 Å². The van der Waals surface area contributed by atoms with Crippen LogP contribution in [0.2, 0.25) is 5.28 Å². The number of nitrogens with zero attached hydrogens (tertiary/aromatic N) is 3. The molecule has 0 aliphatic carbocycles. The minimum absolute atomic E-state index is 0.0721. The fourth-order valence-corrected chi connectivity index (χ4v) is 2.24. The van der Waals surface area contributed by atoms with Crippen LogP contribution in [0.4, 0.5) is 11.9 Å². The Bertz CT molecular complexity index is 586. The Labute approximate surface area is 115 Å². The summed E-state index contributed by atoms with van der Waals surface area (Å²) in [7, 11) is 0. The third-order valence-electron chi connectivity index (χ3n) is 2.89. The molecule has 3 rings (SSSR count). The zero-order chi connectivity index (χ0) is 13.2. The molecule has 7 heteroatoms. The lowest BCUT2D eigenvalue weighted by Crippen LogP contribution is -2.21. The van der Waals surface area contributed by atoms with E-state index in [-0.39, 0.29) is 17.3 Å². The highest BCUT2D eigenvalue weighted by atomic mass is 35.5. The average Bonchev–Trinajstić information content (AvgIpc) is 2.38. The molecule has 0 fully saturated rings. The molecule has 0 radical (unpaired) electrons. The van der Waals surface area contributed by atoms with Crippen LogP contribution in [0.25, 0.3) is 0 Å². The molecule has 1 aliphatic heterocycles. The molecule has 3 N–H and O–H groups in total. The van der Waals surface area contributed by atoms with Gasteiger partial charge < -0.3 is 15.8 Å². The molecular weight excluding hydrogens is 266 g/mol. The first-order valence-electron chi connectivity index (χ1n) is 5.88. The van der Waals surface area contributed by atoms with E-state index in [9.17, 15) is 0 Å². The molecule has 1 aromatic carbocycles. The number of rotatable bonds is 2. The molecule has 0 amide bonds.